The summed E-state index contributed by atoms with van der Waals surface area (Å²) in [5, 5.41) is 4.39. The molecule has 1 heterocycles. The number of carbonyl (C=O) groups excluding carboxylic acids is 1. The number of amides is 2. The molecule has 0 saturated carbocycles. The first kappa shape index (κ1) is 22.4. The first-order valence-electron chi connectivity index (χ1n) is 10.5. The standard InChI is InChI=1S/C26H24ClN3O3/c1-17-3-6-19-14-20(25(31)29-24(19)13-17)16-30(15-18-4-11-23(33-2)12-5-18)26(32)28-22-9-7-21(27)8-10-22/h3-14H,15-16H2,1-2H3,(H,28,32)(H,29,31). The second-order valence-corrected chi connectivity index (χ2v) is 8.29. The van der Waals surface area contributed by atoms with Gasteiger partial charge in [-0.1, -0.05) is 35.9 Å². The molecule has 1 aromatic heterocycles. The molecule has 0 bridgehead atoms. The Morgan fingerprint density at radius 1 is 1.00 bits per heavy atom. The number of hydrogen-bond donors (Lipinski definition) is 2. The number of methoxy groups -OCH3 is 1. The van der Waals surface area contributed by atoms with Crippen LogP contribution in [0.25, 0.3) is 10.9 Å². The Morgan fingerprint density at radius 2 is 1.73 bits per heavy atom. The lowest BCUT2D eigenvalue weighted by Gasteiger charge is -2.23. The van der Waals surface area contributed by atoms with Crippen molar-refractivity contribution >= 4 is 34.2 Å². The number of aryl methyl sites for hydroxylation is 1. The smallest absolute Gasteiger partial charge is 0.322 e. The summed E-state index contributed by atoms with van der Waals surface area (Å²) in [5.41, 5.74) is 3.66. The summed E-state index contributed by atoms with van der Waals surface area (Å²) in [6.07, 6.45) is 0. The summed E-state index contributed by atoms with van der Waals surface area (Å²) in [4.78, 5) is 30.5. The number of pyridine rings is 1. The number of rotatable bonds is 6. The number of benzene rings is 3. The lowest BCUT2D eigenvalue weighted by molar-refractivity contribution is 0.206. The van der Waals surface area contributed by atoms with E-state index in [1.807, 2.05) is 55.5 Å². The number of halogens is 1. The van der Waals surface area contributed by atoms with Crippen LogP contribution in [0.1, 0.15) is 16.7 Å². The van der Waals surface area contributed by atoms with Crippen molar-refractivity contribution in [1.82, 2.24) is 9.88 Å². The van der Waals surface area contributed by atoms with E-state index in [1.54, 1.807) is 36.3 Å². The number of ether oxygens (including phenoxy) is 1. The second-order valence-electron chi connectivity index (χ2n) is 7.86. The fourth-order valence-electron chi connectivity index (χ4n) is 3.57. The molecular formula is C26H24ClN3O3. The highest BCUT2D eigenvalue weighted by Crippen LogP contribution is 2.19. The number of fused-ring (bicyclic) bond motifs is 1. The van der Waals surface area contributed by atoms with Gasteiger partial charge in [-0.25, -0.2) is 4.79 Å². The van der Waals surface area contributed by atoms with Gasteiger partial charge in [-0.2, -0.15) is 0 Å². The molecule has 33 heavy (non-hydrogen) atoms. The monoisotopic (exact) mass is 461 g/mol. The van der Waals surface area contributed by atoms with Crippen molar-refractivity contribution in [2.24, 2.45) is 0 Å². The summed E-state index contributed by atoms with van der Waals surface area (Å²) in [6, 6.07) is 21.8. The van der Waals surface area contributed by atoms with Gasteiger partial charge in [0, 0.05) is 28.3 Å². The molecule has 0 radical (unpaired) electrons. The van der Waals surface area contributed by atoms with Gasteiger partial charge in [0.1, 0.15) is 5.75 Å². The maximum absolute atomic E-state index is 13.2. The molecule has 2 amide bonds. The summed E-state index contributed by atoms with van der Waals surface area (Å²) < 4.78 is 5.22. The van der Waals surface area contributed by atoms with Crippen molar-refractivity contribution in [1.29, 1.82) is 0 Å². The summed E-state index contributed by atoms with van der Waals surface area (Å²) in [7, 11) is 1.61. The molecular weight excluding hydrogens is 438 g/mol. The fraction of sp³-hybridized carbons (Fsp3) is 0.154. The van der Waals surface area contributed by atoms with Crippen molar-refractivity contribution < 1.29 is 9.53 Å². The Hall–Kier alpha value is -3.77. The van der Waals surface area contributed by atoms with Gasteiger partial charge in [0.25, 0.3) is 5.56 Å². The molecule has 0 aliphatic rings. The first-order chi connectivity index (χ1) is 15.9. The minimum atomic E-state index is -0.323. The van der Waals surface area contributed by atoms with Gasteiger partial charge < -0.3 is 19.9 Å². The van der Waals surface area contributed by atoms with E-state index in [-0.39, 0.29) is 18.1 Å². The van der Waals surface area contributed by atoms with Crippen LogP contribution in [0.2, 0.25) is 5.02 Å². The highest BCUT2D eigenvalue weighted by Gasteiger charge is 2.17. The zero-order chi connectivity index (χ0) is 23.4. The lowest BCUT2D eigenvalue weighted by Crippen LogP contribution is -2.35. The maximum atomic E-state index is 13.2. The van der Waals surface area contributed by atoms with Gasteiger partial charge in [0.2, 0.25) is 0 Å². The van der Waals surface area contributed by atoms with Crippen LogP contribution in [-0.2, 0) is 13.1 Å². The number of aromatic amines is 1. The molecule has 0 spiro atoms. The van der Waals surface area contributed by atoms with Crippen LogP contribution < -0.4 is 15.6 Å². The maximum Gasteiger partial charge on any atom is 0.322 e. The molecule has 4 rings (SSSR count). The normalized spacial score (nSPS) is 10.8. The molecule has 3 aromatic carbocycles. The molecule has 0 aliphatic carbocycles. The third-order valence-corrected chi connectivity index (χ3v) is 5.61. The van der Waals surface area contributed by atoms with Crippen LogP contribution in [0.15, 0.2) is 77.6 Å². The van der Waals surface area contributed by atoms with E-state index < -0.39 is 0 Å². The van der Waals surface area contributed by atoms with Crippen molar-refractivity contribution in [2.45, 2.75) is 20.0 Å². The Balaban J connectivity index is 1.63. The molecule has 168 valence electrons. The number of aromatic nitrogens is 1. The van der Waals surface area contributed by atoms with Gasteiger partial charge in [0.15, 0.2) is 0 Å². The van der Waals surface area contributed by atoms with Crippen LogP contribution >= 0.6 is 11.6 Å². The van der Waals surface area contributed by atoms with Crippen molar-refractivity contribution in [3.05, 3.63) is 105 Å². The van der Waals surface area contributed by atoms with Crippen LogP contribution in [0.3, 0.4) is 0 Å². The summed E-state index contributed by atoms with van der Waals surface area (Å²) in [6.45, 7) is 2.43. The number of urea groups is 1. The van der Waals surface area contributed by atoms with Crippen LogP contribution in [0.5, 0.6) is 5.75 Å². The van der Waals surface area contributed by atoms with E-state index in [2.05, 4.69) is 10.3 Å². The minimum absolute atomic E-state index is 0.143. The molecule has 0 aliphatic heterocycles. The Bertz CT molecular complexity index is 1330. The number of hydrogen-bond acceptors (Lipinski definition) is 3. The second kappa shape index (κ2) is 9.79. The molecule has 6 nitrogen and oxygen atoms in total. The SMILES string of the molecule is COc1ccc(CN(Cc2cc3ccc(C)cc3[nH]c2=O)C(=O)Nc2ccc(Cl)cc2)cc1. The van der Waals surface area contributed by atoms with E-state index in [9.17, 15) is 9.59 Å². The van der Waals surface area contributed by atoms with Gasteiger partial charge in [-0.05, 0) is 72.0 Å². The third kappa shape index (κ3) is 5.54. The molecule has 0 saturated heterocycles. The largest absolute Gasteiger partial charge is 0.497 e. The Labute approximate surface area is 196 Å². The van der Waals surface area contributed by atoms with E-state index in [1.165, 1.54) is 0 Å². The van der Waals surface area contributed by atoms with Gasteiger partial charge in [-0.15, -0.1) is 0 Å². The van der Waals surface area contributed by atoms with Gasteiger partial charge >= 0.3 is 6.03 Å². The molecule has 4 aromatic rings. The number of carbonyl (C=O) groups is 1. The molecule has 0 unspecified atom stereocenters. The van der Waals surface area contributed by atoms with Crippen molar-refractivity contribution in [2.75, 3.05) is 12.4 Å². The van der Waals surface area contributed by atoms with Crippen LogP contribution in [-0.4, -0.2) is 23.0 Å². The van der Waals surface area contributed by atoms with Crippen LogP contribution in [0, 0.1) is 6.92 Å². The van der Waals surface area contributed by atoms with Gasteiger partial charge in [0.05, 0.1) is 13.7 Å². The number of nitrogens with one attached hydrogen (secondary N) is 2. The molecule has 0 fully saturated rings. The highest BCUT2D eigenvalue weighted by molar-refractivity contribution is 6.30. The first-order valence-corrected chi connectivity index (χ1v) is 10.9. The number of nitrogens with zero attached hydrogens (tertiary/aromatic N) is 1. The minimum Gasteiger partial charge on any atom is -0.497 e. The lowest BCUT2D eigenvalue weighted by atomic mass is 10.1. The van der Waals surface area contributed by atoms with Gasteiger partial charge in [-0.3, -0.25) is 4.79 Å². The summed E-state index contributed by atoms with van der Waals surface area (Å²) in [5.74, 6) is 0.734. The van der Waals surface area contributed by atoms with Crippen molar-refractivity contribution in [3.63, 3.8) is 0 Å². The van der Waals surface area contributed by atoms with E-state index in [0.717, 1.165) is 27.8 Å². The van der Waals surface area contributed by atoms with Crippen LogP contribution in [0.4, 0.5) is 10.5 Å². The average molecular weight is 462 g/mol. The molecule has 0 atom stereocenters. The topological polar surface area (TPSA) is 74.4 Å². The average Bonchev–Trinajstić information content (AvgIpc) is 2.81. The number of H-pyrrole nitrogens is 1. The molecule has 2 N–H and O–H groups in total. The third-order valence-electron chi connectivity index (χ3n) is 5.35. The summed E-state index contributed by atoms with van der Waals surface area (Å²) >= 11 is 5.95. The zero-order valence-corrected chi connectivity index (χ0v) is 19.1. The predicted molar refractivity (Wildman–Crippen MR) is 132 cm³/mol. The van der Waals surface area contributed by atoms with E-state index >= 15 is 0 Å². The quantitative estimate of drug-likeness (QED) is 0.385. The predicted octanol–water partition coefficient (Wildman–Crippen LogP) is 5.73. The fourth-order valence-corrected chi connectivity index (χ4v) is 3.70. The van der Waals surface area contributed by atoms with Crippen molar-refractivity contribution in [3.8, 4) is 5.75 Å². The number of anilines is 1. The van der Waals surface area contributed by atoms with E-state index in [0.29, 0.717) is 22.8 Å². The highest BCUT2D eigenvalue weighted by atomic mass is 35.5. The Morgan fingerprint density at radius 3 is 2.42 bits per heavy atom. The Kier molecular flexibility index (Phi) is 6.66. The molecule has 7 heteroatoms. The van der Waals surface area contributed by atoms with E-state index in [4.69, 9.17) is 16.3 Å². The zero-order valence-electron chi connectivity index (χ0n) is 18.4.